The molecule has 0 amide bonds. The molecule has 120 valence electrons. The van der Waals surface area contributed by atoms with E-state index >= 15 is 0 Å². The second-order valence-corrected chi connectivity index (χ2v) is 6.81. The molecule has 0 saturated carbocycles. The van der Waals surface area contributed by atoms with Crippen molar-refractivity contribution in [3.05, 3.63) is 0 Å². The molecule has 0 aromatic rings. The van der Waals surface area contributed by atoms with Crippen molar-refractivity contribution in [3.63, 3.8) is 0 Å². The molecule has 4 heteroatoms. The summed E-state index contributed by atoms with van der Waals surface area (Å²) < 4.78 is 0. The number of hydrogen-bond acceptors (Lipinski definition) is 4. The van der Waals surface area contributed by atoms with E-state index in [1.165, 1.54) is 25.9 Å². The zero-order chi connectivity index (χ0) is 15.0. The quantitative estimate of drug-likeness (QED) is 0.674. The molecule has 1 saturated heterocycles. The Morgan fingerprint density at radius 3 is 2.75 bits per heavy atom. The predicted octanol–water partition coefficient (Wildman–Crippen LogP) is 1.54. The van der Waals surface area contributed by atoms with E-state index in [1.807, 2.05) is 0 Å². The van der Waals surface area contributed by atoms with Gasteiger partial charge in [-0.2, -0.15) is 0 Å². The summed E-state index contributed by atoms with van der Waals surface area (Å²) in [5, 5.41) is 13.1. The molecule has 0 spiro atoms. The van der Waals surface area contributed by atoms with Gasteiger partial charge in [0.1, 0.15) is 0 Å². The van der Waals surface area contributed by atoms with Crippen LogP contribution in [-0.4, -0.2) is 73.4 Å². The smallest absolute Gasteiger partial charge is 0.0610 e. The Morgan fingerprint density at radius 2 is 2.15 bits per heavy atom. The van der Waals surface area contributed by atoms with Crippen molar-refractivity contribution in [1.82, 2.24) is 15.1 Å². The lowest BCUT2D eigenvalue weighted by molar-refractivity contribution is 0.121. The van der Waals surface area contributed by atoms with Crippen molar-refractivity contribution in [3.8, 4) is 0 Å². The Bertz CT molecular complexity index is 260. The highest BCUT2D eigenvalue weighted by Crippen LogP contribution is 2.16. The lowest BCUT2D eigenvalue weighted by Gasteiger charge is -2.37. The Balaban J connectivity index is 2.28. The van der Waals surface area contributed by atoms with Crippen LogP contribution in [-0.2, 0) is 0 Å². The molecule has 0 bridgehead atoms. The summed E-state index contributed by atoms with van der Waals surface area (Å²) in [6.07, 6.45) is 5.97. The molecule has 2 unspecified atom stereocenters. The van der Waals surface area contributed by atoms with Crippen molar-refractivity contribution < 1.29 is 5.11 Å². The van der Waals surface area contributed by atoms with E-state index in [4.69, 9.17) is 0 Å². The molecule has 0 aliphatic carbocycles. The molecule has 2 N–H and O–H groups in total. The molecule has 4 nitrogen and oxygen atoms in total. The fraction of sp³-hybridized carbons (Fsp3) is 1.00. The molecular weight excluding hydrogens is 250 g/mol. The summed E-state index contributed by atoms with van der Waals surface area (Å²) >= 11 is 0. The first-order chi connectivity index (χ1) is 9.50. The van der Waals surface area contributed by atoms with Gasteiger partial charge >= 0.3 is 0 Å². The number of aliphatic hydroxyl groups is 1. The first-order valence-electron chi connectivity index (χ1n) is 8.25. The highest BCUT2D eigenvalue weighted by atomic mass is 16.3. The second-order valence-electron chi connectivity index (χ2n) is 6.81. The normalized spacial score (nSPS) is 24.0. The second kappa shape index (κ2) is 8.98. The van der Waals surface area contributed by atoms with E-state index in [2.05, 4.69) is 43.1 Å². The van der Waals surface area contributed by atoms with E-state index in [-0.39, 0.29) is 12.1 Å². The summed E-state index contributed by atoms with van der Waals surface area (Å²) in [6, 6.07) is 0.714. The number of aliphatic hydroxyl groups excluding tert-OH is 1. The Hall–Kier alpha value is -0.160. The van der Waals surface area contributed by atoms with Gasteiger partial charge in [0.2, 0.25) is 0 Å². The Morgan fingerprint density at radius 1 is 1.40 bits per heavy atom. The molecule has 1 aliphatic rings. The van der Waals surface area contributed by atoms with Crippen molar-refractivity contribution in [2.24, 2.45) is 0 Å². The van der Waals surface area contributed by atoms with Crippen LogP contribution in [0.4, 0.5) is 0 Å². The maximum atomic E-state index is 9.58. The molecular formula is C16H35N3O. The van der Waals surface area contributed by atoms with Crippen LogP contribution in [0, 0.1) is 0 Å². The Labute approximate surface area is 125 Å². The lowest BCUT2D eigenvalue weighted by Crippen LogP contribution is -2.48. The predicted molar refractivity (Wildman–Crippen MR) is 86.2 cm³/mol. The number of piperidine rings is 1. The molecule has 1 aliphatic heterocycles. The molecule has 0 radical (unpaired) electrons. The number of likely N-dealkylation sites (tertiary alicyclic amines) is 1. The maximum absolute atomic E-state index is 9.58. The van der Waals surface area contributed by atoms with Gasteiger partial charge in [-0.25, -0.2) is 0 Å². The number of nitrogens with one attached hydrogen (secondary N) is 1. The van der Waals surface area contributed by atoms with Gasteiger partial charge in [0.05, 0.1) is 6.61 Å². The molecule has 20 heavy (non-hydrogen) atoms. The number of nitrogens with zero attached hydrogens (tertiary/aromatic N) is 2. The van der Waals surface area contributed by atoms with Gasteiger partial charge in [-0.05, 0) is 72.8 Å². The van der Waals surface area contributed by atoms with E-state index in [0.29, 0.717) is 6.04 Å². The van der Waals surface area contributed by atoms with Crippen LogP contribution in [0.25, 0.3) is 0 Å². The zero-order valence-electron chi connectivity index (χ0n) is 14.0. The highest BCUT2D eigenvalue weighted by Gasteiger charge is 2.24. The first kappa shape index (κ1) is 17.9. The largest absolute Gasteiger partial charge is 0.394 e. The zero-order valence-corrected chi connectivity index (χ0v) is 14.0. The van der Waals surface area contributed by atoms with Crippen molar-refractivity contribution in [2.45, 2.75) is 57.5 Å². The molecule has 1 heterocycles. The summed E-state index contributed by atoms with van der Waals surface area (Å²) in [4.78, 5) is 4.94. The topological polar surface area (TPSA) is 38.7 Å². The van der Waals surface area contributed by atoms with Crippen LogP contribution in [0.5, 0.6) is 0 Å². The van der Waals surface area contributed by atoms with Crippen LogP contribution in [0.15, 0.2) is 0 Å². The fourth-order valence-electron chi connectivity index (χ4n) is 3.00. The summed E-state index contributed by atoms with van der Waals surface area (Å²) in [5.41, 5.74) is -0.104. The third kappa shape index (κ3) is 6.08. The van der Waals surface area contributed by atoms with Crippen LogP contribution in [0.2, 0.25) is 0 Å². The van der Waals surface area contributed by atoms with Crippen LogP contribution in [0.3, 0.4) is 0 Å². The average molecular weight is 285 g/mol. The average Bonchev–Trinajstić information content (AvgIpc) is 2.45. The molecule has 0 aromatic carbocycles. The molecule has 2 atom stereocenters. The van der Waals surface area contributed by atoms with Gasteiger partial charge in [0, 0.05) is 18.1 Å². The van der Waals surface area contributed by atoms with E-state index in [1.54, 1.807) is 0 Å². The van der Waals surface area contributed by atoms with E-state index in [0.717, 1.165) is 32.4 Å². The van der Waals surface area contributed by atoms with E-state index < -0.39 is 0 Å². The van der Waals surface area contributed by atoms with Crippen molar-refractivity contribution >= 4 is 0 Å². The van der Waals surface area contributed by atoms with Gasteiger partial charge in [-0.1, -0.05) is 6.92 Å². The molecule has 1 rings (SSSR count). The van der Waals surface area contributed by atoms with Crippen LogP contribution < -0.4 is 5.32 Å². The monoisotopic (exact) mass is 285 g/mol. The standard InChI is InChI=1S/C16H35N3O/c1-5-10-17-16(2,14-20)9-7-12-19-11-6-8-15(13-19)18(3)4/h15,17,20H,5-14H2,1-4H3. The minimum atomic E-state index is -0.104. The van der Waals surface area contributed by atoms with Gasteiger partial charge in [-0.3, -0.25) is 0 Å². The van der Waals surface area contributed by atoms with E-state index in [9.17, 15) is 5.11 Å². The first-order valence-corrected chi connectivity index (χ1v) is 8.25. The van der Waals surface area contributed by atoms with Gasteiger partial charge < -0.3 is 20.2 Å². The summed E-state index contributed by atoms with van der Waals surface area (Å²) in [7, 11) is 4.37. The lowest BCUT2D eigenvalue weighted by atomic mass is 9.96. The van der Waals surface area contributed by atoms with Crippen molar-refractivity contribution in [1.29, 1.82) is 0 Å². The summed E-state index contributed by atoms with van der Waals surface area (Å²) in [6.45, 7) is 9.12. The molecule has 1 fully saturated rings. The fourth-order valence-corrected chi connectivity index (χ4v) is 3.00. The van der Waals surface area contributed by atoms with Crippen LogP contribution in [0.1, 0.15) is 46.0 Å². The molecule has 0 aromatic heterocycles. The Kier molecular flexibility index (Phi) is 8.03. The highest BCUT2D eigenvalue weighted by molar-refractivity contribution is 4.83. The number of hydrogen-bond donors (Lipinski definition) is 2. The maximum Gasteiger partial charge on any atom is 0.0610 e. The number of likely N-dealkylation sites (N-methyl/N-ethyl adjacent to an activating group) is 1. The van der Waals surface area contributed by atoms with Gasteiger partial charge in [-0.15, -0.1) is 0 Å². The summed E-state index contributed by atoms with van der Waals surface area (Å²) in [5.74, 6) is 0. The third-order valence-corrected chi connectivity index (χ3v) is 4.56. The van der Waals surface area contributed by atoms with Gasteiger partial charge in [0.25, 0.3) is 0 Å². The van der Waals surface area contributed by atoms with Crippen molar-refractivity contribution in [2.75, 3.05) is 46.9 Å². The third-order valence-electron chi connectivity index (χ3n) is 4.56. The number of rotatable bonds is 9. The SMILES string of the molecule is CCCNC(C)(CO)CCCN1CCCC(N(C)C)C1. The van der Waals surface area contributed by atoms with Gasteiger partial charge in [0.15, 0.2) is 0 Å². The van der Waals surface area contributed by atoms with Crippen LogP contribution >= 0.6 is 0 Å². The minimum absolute atomic E-state index is 0.104. The minimum Gasteiger partial charge on any atom is -0.394 e.